The van der Waals surface area contributed by atoms with Crippen molar-refractivity contribution in [1.29, 1.82) is 0 Å². The van der Waals surface area contributed by atoms with Crippen LogP contribution in [0.2, 0.25) is 0 Å². The monoisotopic (exact) mass is 428 g/mol. The number of rotatable bonds is 3. The topological polar surface area (TPSA) is 88.1 Å². The van der Waals surface area contributed by atoms with E-state index < -0.39 is 28.0 Å². The molecule has 4 rings (SSSR count). The quantitative estimate of drug-likeness (QED) is 0.695. The van der Waals surface area contributed by atoms with Gasteiger partial charge >= 0.3 is 6.18 Å². The third kappa shape index (κ3) is 3.64. The molecule has 0 amide bonds. The molecule has 0 aromatic carbocycles. The molecule has 0 aliphatic carbocycles. The Morgan fingerprint density at radius 3 is 2.76 bits per heavy atom. The highest BCUT2D eigenvalue weighted by molar-refractivity contribution is 7.89. The maximum atomic E-state index is 12.7. The van der Waals surface area contributed by atoms with Crippen LogP contribution in [0.25, 0.3) is 21.9 Å². The number of aromatic nitrogens is 3. The Kier molecular flexibility index (Phi) is 4.69. The van der Waals surface area contributed by atoms with Crippen molar-refractivity contribution in [2.75, 3.05) is 18.8 Å². The molecule has 0 spiro atoms. The van der Waals surface area contributed by atoms with E-state index in [0.29, 0.717) is 28.4 Å². The summed E-state index contributed by atoms with van der Waals surface area (Å²) in [7, 11) is -4.48. The predicted molar refractivity (Wildman–Crippen MR) is 102 cm³/mol. The molecule has 0 unspecified atom stereocenters. The second-order valence-electron chi connectivity index (χ2n) is 7.41. The average Bonchev–Trinajstić information content (AvgIpc) is 3.09. The van der Waals surface area contributed by atoms with E-state index in [4.69, 9.17) is 0 Å². The van der Waals surface area contributed by atoms with Gasteiger partial charge in [-0.15, -0.1) is 0 Å². The van der Waals surface area contributed by atoms with Gasteiger partial charge in [-0.2, -0.15) is 17.5 Å². The standard InChI is InChI=1S/C18H19F3N4O3S/c1-11-3-6-24(29(27,28)10-18(19,20)21)9-14(11)25-7-4-15(26)13-8-23-17-12(16(13)25)2-5-22-17/h2,4-5,7-8,11,14H,3,6,9-10H2,1H3,(H,22,23)/t11-,14+/m1/s1. The summed E-state index contributed by atoms with van der Waals surface area (Å²) >= 11 is 0. The lowest BCUT2D eigenvalue weighted by atomic mass is 9.94. The highest BCUT2D eigenvalue weighted by Crippen LogP contribution is 2.33. The lowest BCUT2D eigenvalue weighted by molar-refractivity contribution is -0.107. The van der Waals surface area contributed by atoms with E-state index in [1.54, 1.807) is 23.0 Å². The zero-order valence-electron chi connectivity index (χ0n) is 15.5. The molecule has 1 aliphatic heterocycles. The van der Waals surface area contributed by atoms with Gasteiger partial charge in [-0.1, -0.05) is 6.92 Å². The van der Waals surface area contributed by atoms with Crippen molar-refractivity contribution in [2.24, 2.45) is 5.92 Å². The number of aromatic amines is 1. The summed E-state index contributed by atoms with van der Waals surface area (Å²) in [4.78, 5) is 19.5. The average molecular weight is 428 g/mol. The highest BCUT2D eigenvalue weighted by Gasteiger charge is 2.41. The molecule has 2 atom stereocenters. The predicted octanol–water partition coefficient (Wildman–Crippen LogP) is 2.65. The highest BCUT2D eigenvalue weighted by atomic mass is 32.2. The SMILES string of the molecule is C[C@@H]1CCN(S(=O)(=O)CC(F)(F)F)C[C@@H]1n1ccc(=O)c2cnc3[nH]ccc3c21. The van der Waals surface area contributed by atoms with Gasteiger partial charge < -0.3 is 9.55 Å². The van der Waals surface area contributed by atoms with Crippen molar-refractivity contribution in [3.8, 4) is 0 Å². The first-order chi connectivity index (χ1) is 13.6. The Morgan fingerprint density at radius 2 is 2.03 bits per heavy atom. The molecular formula is C18H19F3N4O3S. The summed E-state index contributed by atoms with van der Waals surface area (Å²) < 4.78 is 65.5. The zero-order chi connectivity index (χ0) is 21.0. The van der Waals surface area contributed by atoms with E-state index in [2.05, 4.69) is 9.97 Å². The largest absolute Gasteiger partial charge is 0.404 e. The first-order valence-electron chi connectivity index (χ1n) is 9.08. The fraction of sp³-hybridized carbons (Fsp3) is 0.444. The number of nitrogens with zero attached hydrogens (tertiary/aromatic N) is 3. The summed E-state index contributed by atoms with van der Waals surface area (Å²) in [6.07, 6.45) is 0.335. The zero-order valence-corrected chi connectivity index (χ0v) is 16.3. The molecule has 0 saturated carbocycles. The molecule has 1 saturated heterocycles. The van der Waals surface area contributed by atoms with Crippen molar-refractivity contribution < 1.29 is 21.6 Å². The maximum Gasteiger partial charge on any atom is 0.404 e. The lowest BCUT2D eigenvalue weighted by Crippen LogP contribution is -2.46. The summed E-state index contributed by atoms with van der Waals surface area (Å²) in [6.45, 7) is 1.87. The van der Waals surface area contributed by atoms with Crippen LogP contribution >= 0.6 is 0 Å². The first-order valence-corrected chi connectivity index (χ1v) is 10.7. The number of hydrogen-bond acceptors (Lipinski definition) is 4. The van der Waals surface area contributed by atoms with Crippen LogP contribution in [0.1, 0.15) is 19.4 Å². The van der Waals surface area contributed by atoms with Crippen molar-refractivity contribution in [1.82, 2.24) is 18.8 Å². The van der Waals surface area contributed by atoms with Gasteiger partial charge in [0.25, 0.3) is 0 Å². The molecule has 1 aliphatic rings. The number of sulfonamides is 1. The van der Waals surface area contributed by atoms with Crippen LogP contribution in [-0.4, -0.2) is 52.3 Å². The summed E-state index contributed by atoms with van der Waals surface area (Å²) in [5, 5.41) is 1.07. The molecule has 4 heterocycles. The molecule has 1 fully saturated rings. The molecule has 0 bridgehead atoms. The van der Waals surface area contributed by atoms with Gasteiger partial charge in [-0.25, -0.2) is 13.4 Å². The molecule has 156 valence electrons. The van der Waals surface area contributed by atoms with Gasteiger partial charge in [0.05, 0.1) is 16.9 Å². The first kappa shape index (κ1) is 19.9. The number of H-pyrrole nitrogens is 1. The van der Waals surface area contributed by atoms with Crippen molar-refractivity contribution >= 4 is 32.0 Å². The third-order valence-electron chi connectivity index (χ3n) is 5.45. The van der Waals surface area contributed by atoms with E-state index >= 15 is 0 Å². The van der Waals surface area contributed by atoms with Gasteiger partial charge in [-0.05, 0) is 18.4 Å². The van der Waals surface area contributed by atoms with E-state index in [1.807, 2.05) is 6.92 Å². The van der Waals surface area contributed by atoms with Crippen LogP contribution in [0.5, 0.6) is 0 Å². The Hall–Kier alpha value is -2.40. The van der Waals surface area contributed by atoms with Crippen LogP contribution in [0, 0.1) is 5.92 Å². The number of hydrogen-bond donors (Lipinski definition) is 1. The minimum atomic E-state index is -4.80. The Bertz CT molecular complexity index is 1230. The van der Waals surface area contributed by atoms with Gasteiger partial charge in [0.15, 0.2) is 11.2 Å². The van der Waals surface area contributed by atoms with Gasteiger partial charge in [0.2, 0.25) is 10.0 Å². The van der Waals surface area contributed by atoms with Gasteiger partial charge in [-0.3, -0.25) is 4.79 Å². The van der Waals surface area contributed by atoms with Crippen molar-refractivity contribution in [2.45, 2.75) is 25.6 Å². The third-order valence-corrected chi connectivity index (χ3v) is 7.26. The van der Waals surface area contributed by atoms with E-state index in [-0.39, 0.29) is 24.4 Å². The van der Waals surface area contributed by atoms with Gasteiger partial charge in [0.1, 0.15) is 5.65 Å². The number of piperidine rings is 1. The fourth-order valence-electron chi connectivity index (χ4n) is 3.97. The van der Waals surface area contributed by atoms with Crippen LogP contribution < -0.4 is 5.43 Å². The van der Waals surface area contributed by atoms with Crippen LogP contribution in [0.3, 0.4) is 0 Å². The molecule has 0 radical (unpaired) electrons. The second-order valence-corrected chi connectivity index (χ2v) is 9.38. The van der Waals surface area contributed by atoms with E-state index in [1.165, 1.54) is 12.3 Å². The molecule has 3 aromatic heterocycles. The number of pyridine rings is 2. The minimum absolute atomic E-state index is 0.000181. The number of alkyl halides is 3. The normalized spacial score (nSPS) is 21.8. The van der Waals surface area contributed by atoms with Crippen LogP contribution in [0.15, 0.2) is 35.5 Å². The molecule has 3 aromatic rings. The number of fused-ring (bicyclic) bond motifs is 3. The van der Waals surface area contributed by atoms with Gasteiger partial charge in [0, 0.05) is 43.1 Å². The molecule has 11 heteroatoms. The number of nitrogens with one attached hydrogen (secondary N) is 1. The molecular weight excluding hydrogens is 409 g/mol. The molecule has 29 heavy (non-hydrogen) atoms. The Balaban J connectivity index is 1.81. The maximum absolute atomic E-state index is 12.7. The van der Waals surface area contributed by atoms with Crippen LogP contribution in [-0.2, 0) is 10.0 Å². The fourth-order valence-corrected chi connectivity index (χ4v) is 5.33. The summed E-state index contributed by atoms with van der Waals surface area (Å²) in [6, 6.07) is 2.72. The molecule has 1 N–H and O–H groups in total. The number of halogens is 3. The second kappa shape index (κ2) is 6.84. The van der Waals surface area contributed by atoms with E-state index in [9.17, 15) is 26.4 Å². The van der Waals surface area contributed by atoms with Crippen molar-refractivity contribution in [3.05, 3.63) is 40.9 Å². The van der Waals surface area contributed by atoms with Crippen molar-refractivity contribution in [3.63, 3.8) is 0 Å². The Labute approximate surface area is 164 Å². The molecule has 7 nitrogen and oxygen atoms in total. The minimum Gasteiger partial charge on any atom is -0.346 e. The van der Waals surface area contributed by atoms with E-state index in [0.717, 1.165) is 4.31 Å². The van der Waals surface area contributed by atoms with Crippen LogP contribution in [0.4, 0.5) is 13.2 Å². The lowest BCUT2D eigenvalue weighted by Gasteiger charge is -2.38. The smallest absolute Gasteiger partial charge is 0.346 e. The summed E-state index contributed by atoms with van der Waals surface area (Å²) in [5.74, 6) is -1.88. The Morgan fingerprint density at radius 1 is 1.28 bits per heavy atom. The summed E-state index contributed by atoms with van der Waals surface area (Å²) in [5.41, 5.74) is 0.939.